The zero-order chi connectivity index (χ0) is 26.8. The first kappa shape index (κ1) is 25.0. The lowest BCUT2D eigenvalue weighted by Crippen LogP contribution is -2.07. The van der Waals surface area contributed by atoms with Crippen LogP contribution in [0.1, 0.15) is 11.4 Å². The Balaban J connectivity index is 1.69. The number of nitrogens with zero attached hydrogens (tertiary/aromatic N) is 5. The molecule has 0 aliphatic carbocycles. The Labute approximate surface area is 223 Å². The number of amides is 1. The van der Waals surface area contributed by atoms with Crippen molar-refractivity contribution in [2.75, 3.05) is 31.9 Å². The summed E-state index contributed by atoms with van der Waals surface area (Å²) in [4.78, 5) is 20.7. The Morgan fingerprint density at radius 1 is 1.08 bits per heavy atom. The van der Waals surface area contributed by atoms with Gasteiger partial charge in [-0.1, -0.05) is 30.3 Å². The maximum absolute atomic E-state index is 11.6. The van der Waals surface area contributed by atoms with Crippen molar-refractivity contribution >= 4 is 45.8 Å². The average molecular weight is 530 g/mol. The normalized spacial score (nSPS) is 10.9. The van der Waals surface area contributed by atoms with Gasteiger partial charge in [0.25, 0.3) is 0 Å². The van der Waals surface area contributed by atoms with Gasteiger partial charge in [-0.15, -0.1) is 10.2 Å². The second-order valence-electron chi connectivity index (χ2n) is 8.31. The van der Waals surface area contributed by atoms with E-state index in [1.165, 1.54) is 6.08 Å². The van der Waals surface area contributed by atoms with Crippen molar-refractivity contribution < 1.29 is 14.3 Å². The topological polar surface area (TPSA) is 116 Å². The van der Waals surface area contributed by atoms with Gasteiger partial charge in [-0.3, -0.25) is 9.20 Å². The van der Waals surface area contributed by atoms with Crippen molar-refractivity contribution in [3.63, 3.8) is 0 Å². The van der Waals surface area contributed by atoms with E-state index in [0.29, 0.717) is 57.3 Å². The monoisotopic (exact) mass is 529 g/mol. The van der Waals surface area contributed by atoms with Crippen molar-refractivity contribution in [2.24, 2.45) is 0 Å². The van der Waals surface area contributed by atoms with Crippen molar-refractivity contribution in [3.8, 4) is 22.6 Å². The van der Waals surface area contributed by atoms with Gasteiger partial charge in [0.05, 0.1) is 19.2 Å². The maximum atomic E-state index is 11.6. The third-order valence-corrected chi connectivity index (χ3v) is 6.42. The number of anilines is 2. The zero-order valence-electron chi connectivity index (χ0n) is 20.9. The number of rotatable bonds is 8. The average Bonchev–Trinajstić information content (AvgIpc) is 3.37. The van der Waals surface area contributed by atoms with Gasteiger partial charge in [-0.25, -0.2) is 4.98 Å². The van der Waals surface area contributed by atoms with Crippen LogP contribution in [0.15, 0.2) is 61.3 Å². The third kappa shape index (κ3) is 4.57. The molecule has 0 spiro atoms. The smallest absolute Gasteiger partial charge is 0.247 e. The Morgan fingerprint density at radius 2 is 1.87 bits per heavy atom. The van der Waals surface area contributed by atoms with E-state index in [0.717, 1.165) is 16.5 Å². The molecule has 5 aromatic rings. The lowest BCUT2D eigenvalue weighted by atomic mass is 10.0. The first-order valence-corrected chi connectivity index (χ1v) is 12.0. The minimum absolute atomic E-state index is 0.270. The van der Waals surface area contributed by atoms with E-state index in [4.69, 9.17) is 26.1 Å². The molecule has 38 heavy (non-hydrogen) atoms. The number of methoxy groups -OCH3 is 2. The van der Waals surface area contributed by atoms with E-state index < -0.39 is 0 Å². The number of carbonyl (C=O) groups is 1. The van der Waals surface area contributed by atoms with Crippen LogP contribution in [0, 0.1) is 0 Å². The second-order valence-corrected chi connectivity index (χ2v) is 8.69. The molecule has 0 aliphatic heterocycles. The number of ether oxygens (including phenoxy) is 2. The van der Waals surface area contributed by atoms with E-state index >= 15 is 0 Å². The highest BCUT2D eigenvalue weighted by Gasteiger charge is 2.21. The lowest BCUT2D eigenvalue weighted by molar-refractivity contribution is -0.111. The summed E-state index contributed by atoms with van der Waals surface area (Å²) in [6, 6.07) is 13.0. The zero-order valence-corrected chi connectivity index (χ0v) is 21.7. The molecule has 0 atom stereocenters. The highest BCUT2D eigenvalue weighted by Crippen LogP contribution is 2.41. The van der Waals surface area contributed by atoms with Crippen LogP contribution in [-0.2, 0) is 11.2 Å². The number of halogens is 1. The summed E-state index contributed by atoms with van der Waals surface area (Å²) in [5, 5.41) is 16.0. The molecule has 11 heteroatoms. The molecule has 192 valence electrons. The summed E-state index contributed by atoms with van der Waals surface area (Å²) < 4.78 is 12.9. The van der Waals surface area contributed by atoms with Gasteiger partial charge >= 0.3 is 0 Å². The van der Waals surface area contributed by atoms with Gasteiger partial charge in [0, 0.05) is 47.9 Å². The van der Waals surface area contributed by atoms with Crippen LogP contribution in [0.2, 0.25) is 5.02 Å². The molecule has 2 N–H and O–H groups in total. The molecule has 0 bridgehead atoms. The van der Waals surface area contributed by atoms with Crippen LogP contribution in [-0.4, -0.2) is 51.7 Å². The number of benzene rings is 2. The molecule has 0 unspecified atom stereocenters. The minimum atomic E-state index is -0.270. The van der Waals surface area contributed by atoms with Gasteiger partial charge < -0.3 is 20.1 Å². The summed E-state index contributed by atoms with van der Waals surface area (Å²) in [5.41, 5.74) is 4.25. The quantitative estimate of drug-likeness (QED) is 0.276. The summed E-state index contributed by atoms with van der Waals surface area (Å²) >= 11 is 6.75. The molecule has 0 radical (unpaired) electrons. The first-order chi connectivity index (χ1) is 18.4. The van der Waals surface area contributed by atoms with E-state index in [2.05, 4.69) is 32.4 Å². The first-order valence-electron chi connectivity index (χ1n) is 11.6. The highest BCUT2D eigenvalue weighted by atomic mass is 35.5. The number of fused-ring (bicyclic) bond motifs is 3. The van der Waals surface area contributed by atoms with Crippen LogP contribution in [0.25, 0.3) is 27.8 Å². The van der Waals surface area contributed by atoms with E-state index in [9.17, 15) is 4.79 Å². The third-order valence-electron chi connectivity index (χ3n) is 6.03. The Hall–Kier alpha value is -4.70. The van der Waals surface area contributed by atoms with E-state index in [1.807, 2.05) is 40.8 Å². The van der Waals surface area contributed by atoms with Crippen LogP contribution >= 0.6 is 11.6 Å². The molecule has 1 amide bonds. The molecule has 0 aliphatic rings. The molecular weight excluding hydrogens is 506 g/mol. The largest absolute Gasteiger partial charge is 0.497 e. The fourth-order valence-corrected chi connectivity index (χ4v) is 4.43. The number of aromatic nitrogens is 5. The SMILES string of the molecule is C=CC(=O)Nc1ccc(Cc2nnc3c(-c4cc(OC)cc(OC)c4Cl)cc4cnc(NC)nc4n23)cc1. The van der Waals surface area contributed by atoms with Crippen LogP contribution in [0.4, 0.5) is 11.6 Å². The lowest BCUT2D eigenvalue weighted by Gasteiger charge is -2.14. The number of hydrogen-bond donors (Lipinski definition) is 2. The standard InChI is InChI=1S/C27H24ClN7O3/c1-5-23(36)31-17-8-6-15(7-9-17)10-22-33-34-26-20(19-12-18(37-3)13-21(38-4)24(19)28)11-16-14-30-27(29-2)32-25(16)35(22)26/h5-9,11-14H,1,10H2,2-4H3,(H,31,36)(H,29,30,32). The fraction of sp³-hybridized carbons (Fsp3) is 0.148. The molecule has 3 heterocycles. The van der Waals surface area contributed by atoms with Crippen molar-refractivity contribution in [3.05, 3.63) is 77.7 Å². The molecule has 0 saturated heterocycles. The van der Waals surface area contributed by atoms with Gasteiger partial charge in [-0.05, 0) is 35.9 Å². The maximum Gasteiger partial charge on any atom is 0.247 e. The Morgan fingerprint density at radius 3 is 2.55 bits per heavy atom. The number of carbonyl (C=O) groups excluding carboxylic acids is 1. The predicted octanol–water partition coefficient (Wildman–Crippen LogP) is 4.77. The molecule has 0 saturated carbocycles. The molecule has 10 nitrogen and oxygen atoms in total. The molecule has 2 aromatic carbocycles. The molecule has 5 rings (SSSR count). The van der Waals surface area contributed by atoms with Crippen LogP contribution in [0.3, 0.4) is 0 Å². The second kappa shape index (κ2) is 10.3. The predicted molar refractivity (Wildman–Crippen MR) is 147 cm³/mol. The van der Waals surface area contributed by atoms with Crippen molar-refractivity contribution in [1.82, 2.24) is 24.6 Å². The highest BCUT2D eigenvalue weighted by molar-refractivity contribution is 6.35. The number of nitrogens with one attached hydrogen (secondary N) is 2. The fourth-order valence-electron chi connectivity index (χ4n) is 4.15. The Bertz CT molecular complexity index is 1680. The Kier molecular flexibility index (Phi) is 6.80. The van der Waals surface area contributed by atoms with Crippen molar-refractivity contribution in [1.29, 1.82) is 0 Å². The molecule has 0 fully saturated rings. The minimum Gasteiger partial charge on any atom is -0.497 e. The number of pyridine rings is 1. The molecular formula is C27H24ClN7O3. The van der Waals surface area contributed by atoms with E-state index in [-0.39, 0.29) is 5.91 Å². The summed E-state index contributed by atoms with van der Waals surface area (Å²) in [5.74, 6) is 1.93. The van der Waals surface area contributed by atoms with Crippen LogP contribution < -0.4 is 20.1 Å². The summed E-state index contributed by atoms with van der Waals surface area (Å²) in [6.07, 6.45) is 3.43. The summed E-state index contributed by atoms with van der Waals surface area (Å²) in [6.45, 7) is 3.48. The van der Waals surface area contributed by atoms with E-state index in [1.54, 1.807) is 33.5 Å². The molecule has 3 aromatic heterocycles. The van der Waals surface area contributed by atoms with Gasteiger partial charge in [-0.2, -0.15) is 4.98 Å². The van der Waals surface area contributed by atoms with Gasteiger partial charge in [0.15, 0.2) is 11.3 Å². The van der Waals surface area contributed by atoms with Crippen molar-refractivity contribution in [2.45, 2.75) is 6.42 Å². The van der Waals surface area contributed by atoms with Gasteiger partial charge in [0.1, 0.15) is 17.3 Å². The van der Waals surface area contributed by atoms with Crippen LogP contribution in [0.5, 0.6) is 11.5 Å². The number of hydrogen-bond acceptors (Lipinski definition) is 8. The van der Waals surface area contributed by atoms with Gasteiger partial charge in [0.2, 0.25) is 11.9 Å². The summed E-state index contributed by atoms with van der Waals surface area (Å²) in [7, 11) is 4.89.